The van der Waals surface area contributed by atoms with Crippen LogP contribution in [0, 0.1) is 6.92 Å². The summed E-state index contributed by atoms with van der Waals surface area (Å²) in [6.45, 7) is 5.15. The molecule has 0 radical (unpaired) electrons. The minimum absolute atomic E-state index is 0.218. The van der Waals surface area contributed by atoms with Gasteiger partial charge in [-0.05, 0) is 56.5 Å². The molecule has 3 heteroatoms. The smallest absolute Gasteiger partial charge is 0.0914 e. The maximum atomic E-state index is 6.13. The Hall–Kier alpha value is -0.960. The van der Waals surface area contributed by atoms with Crippen LogP contribution in [0.5, 0.6) is 0 Å². The first-order chi connectivity index (χ1) is 10.5. The molecule has 0 saturated carbocycles. The molecule has 1 aliphatic rings. The van der Waals surface area contributed by atoms with Gasteiger partial charge in [-0.3, -0.25) is 0 Å². The van der Waals surface area contributed by atoms with Crippen molar-refractivity contribution in [3.05, 3.63) is 64.7 Å². The van der Waals surface area contributed by atoms with Crippen molar-refractivity contribution in [2.75, 3.05) is 6.61 Å². The average molecular weight is 333 g/mol. The van der Waals surface area contributed by atoms with E-state index >= 15 is 0 Å². The van der Waals surface area contributed by atoms with Gasteiger partial charge in [-0.15, -0.1) is 11.8 Å². The number of ether oxygens (including phenoxy) is 1. The molecule has 0 aliphatic carbocycles. The number of hydrogen-bond acceptors (Lipinski definition) is 2. The van der Waals surface area contributed by atoms with Crippen molar-refractivity contribution in [2.45, 2.75) is 42.4 Å². The molecule has 2 atom stereocenters. The molecule has 3 rings (SSSR count). The lowest BCUT2D eigenvalue weighted by Crippen LogP contribution is -2.35. The highest BCUT2D eigenvalue weighted by Gasteiger charge is 2.35. The zero-order chi connectivity index (χ0) is 15.6. The van der Waals surface area contributed by atoms with Gasteiger partial charge in [0.05, 0.1) is 5.60 Å². The van der Waals surface area contributed by atoms with E-state index in [9.17, 15) is 0 Å². The van der Waals surface area contributed by atoms with Crippen LogP contribution in [-0.4, -0.2) is 11.9 Å². The second-order valence-corrected chi connectivity index (χ2v) is 7.95. The molecule has 2 aromatic carbocycles. The minimum Gasteiger partial charge on any atom is -0.371 e. The van der Waals surface area contributed by atoms with Gasteiger partial charge in [0.15, 0.2) is 0 Å². The van der Waals surface area contributed by atoms with Crippen molar-refractivity contribution >= 4 is 23.4 Å². The molecule has 22 heavy (non-hydrogen) atoms. The average Bonchev–Trinajstić information content (AvgIpc) is 2.48. The van der Waals surface area contributed by atoms with Gasteiger partial charge >= 0.3 is 0 Å². The van der Waals surface area contributed by atoms with E-state index in [2.05, 4.69) is 50.2 Å². The molecular formula is C19H21ClOS. The minimum atomic E-state index is -0.218. The van der Waals surface area contributed by atoms with E-state index in [1.54, 1.807) is 0 Å². The zero-order valence-corrected chi connectivity index (χ0v) is 14.6. The van der Waals surface area contributed by atoms with Gasteiger partial charge in [0.2, 0.25) is 0 Å². The topological polar surface area (TPSA) is 9.23 Å². The van der Waals surface area contributed by atoms with Crippen molar-refractivity contribution in [3.8, 4) is 0 Å². The van der Waals surface area contributed by atoms with E-state index in [1.807, 2.05) is 23.9 Å². The summed E-state index contributed by atoms with van der Waals surface area (Å²) >= 11 is 7.97. The lowest BCUT2D eigenvalue weighted by atomic mass is 9.88. The van der Waals surface area contributed by atoms with Gasteiger partial charge in [0.1, 0.15) is 0 Å². The van der Waals surface area contributed by atoms with E-state index in [1.165, 1.54) is 16.0 Å². The normalized spacial score (nSPS) is 25.1. The summed E-state index contributed by atoms with van der Waals surface area (Å²) in [6.07, 6.45) is 2.12. The van der Waals surface area contributed by atoms with Crippen LogP contribution < -0.4 is 0 Å². The molecule has 1 fully saturated rings. The molecule has 1 heterocycles. The summed E-state index contributed by atoms with van der Waals surface area (Å²) in [5.74, 6) is 0. The van der Waals surface area contributed by atoms with Crippen LogP contribution in [0.25, 0.3) is 0 Å². The maximum absolute atomic E-state index is 6.13. The number of hydrogen-bond donors (Lipinski definition) is 0. The summed E-state index contributed by atoms with van der Waals surface area (Å²) in [7, 11) is 0. The quantitative estimate of drug-likeness (QED) is 0.698. The highest BCUT2D eigenvalue weighted by molar-refractivity contribution is 8.00. The fourth-order valence-corrected chi connectivity index (χ4v) is 4.53. The van der Waals surface area contributed by atoms with Crippen LogP contribution >= 0.6 is 23.4 Å². The summed E-state index contributed by atoms with van der Waals surface area (Å²) in [5.41, 5.74) is 2.31. The fraction of sp³-hybridized carbons (Fsp3) is 0.368. The number of thioether (sulfide) groups is 1. The predicted molar refractivity (Wildman–Crippen MR) is 94.8 cm³/mol. The Bertz CT molecular complexity index is 640. The Morgan fingerprint density at radius 1 is 1.18 bits per heavy atom. The molecular weight excluding hydrogens is 312 g/mol. The van der Waals surface area contributed by atoms with E-state index in [0.717, 1.165) is 24.5 Å². The molecule has 0 bridgehead atoms. The van der Waals surface area contributed by atoms with Gasteiger partial charge in [0.25, 0.3) is 0 Å². The number of halogens is 1. The van der Waals surface area contributed by atoms with Gasteiger partial charge in [-0.1, -0.05) is 41.4 Å². The van der Waals surface area contributed by atoms with Gasteiger partial charge in [0, 0.05) is 21.8 Å². The summed E-state index contributed by atoms with van der Waals surface area (Å²) in [6, 6.07) is 16.8. The standard InChI is InChI=1S/C19H21ClOS/c1-14-4-3-5-17(12-14)22-18-10-11-21-19(2,13-18)15-6-8-16(20)9-7-15/h3-9,12,18H,10-11,13H2,1-2H3. The highest BCUT2D eigenvalue weighted by atomic mass is 35.5. The predicted octanol–water partition coefficient (Wildman–Crippen LogP) is 5.83. The van der Waals surface area contributed by atoms with Crippen molar-refractivity contribution in [1.29, 1.82) is 0 Å². The Morgan fingerprint density at radius 2 is 1.95 bits per heavy atom. The molecule has 2 aromatic rings. The van der Waals surface area contributed by atoms with Crippen molar-refractivity contribution in [3.63, 3.8) is 0 Å². The van der Waals surface area contributed by atoms with Crippen molar-refractivity contribution in [2.24, 2.45) is 0 Å². The zero-order valence-electron chi connectivity index (χ0n) is 13.0. The molecule has 1 saturated heterocycles. The monoisotopic (exact) mass is 332 g/mol. The van der Waals surface area contributed by atoms with Crippen LogP contribution in [0.15, 0.2) is 53.4 Å². The SMILES string of the molecule is Cc1cccc(SC2CCOC(C)(c3ccc(Cl)cc3)C2)c1. The number of benzene rings is 2. The van der Waals surface area contributed by atoms with Crippen LogP contribution in [0.4, 0.5) is 0 Å². The molecule has 0 spiro atoms. The molecule has 116 valence electrons. The van der Waals surface area contributed by atoms with Gasteiger partial charge < -0.3 is 4.74 Å². The Balaban J connectivity index is 1.74. The lowest BCUT2D eigenvalue weighted by molar-refractivity contribution is -0.0675. The molecule has 0 aromatic heterocycles. The van der Waals surface area contributed by atoms with Gasteiger partial charge in [-0.25, -0.2) is 0 Å². The van der Waals surface area contributed by atoms with Crippen molar-refractivity contribution in [1.82, 2.24) is 0 Å². The molecule has 1 nitrogen and oxygen atoms in total. The molecule has 2 unspecified atom stereocenters. The van der Waals surface area contributed by atoms with Crippen LogP contribution in [0.1, 0.15) is 30.9 Å². The second kappa shape index (κ2) is 6.66. The third-order valence-electron chi connectivity index (χ3n) is 4.22. The number of aryl methyl sites for hydroxylation is 1. The summed E-state index contributed by atoms with van der Waals surface area (Å²) in [5, 5.41) is 1.35. The maximum Gasteiger partial charge on any atom is 0.0914 e. The van der Waals surface area contributed by atoms with E-state index in [-0.39, 0.29) is 5.60 Å². The summed E-state index contributed by atoms with van der Waals surface area (Å²) < 4.78 is 6.13. The largest absolute Gasteiger partial charge is 0.371 e. The van der Waals surface area contributed by atoms with Crippen LogP contribution in [0.2, 0.25) is 5.02 Å². The highest BCUT2D eigenvalue weighted by Crippen LogP contribution is 2.41. The molecule has 1 aliphatic heterocycles. The Labute approximate surface area is 142 Å². The molecule has 0 amide bonds. The fourth-order valence-electron chi connectivity index (χ4n) is 3.00. The second-order valence-electron chi connectivity index (χ2n) is 6.14. The Kier molecular flexibility index (Phi) is 4.82. The summed E-state index contributed by atoms with van der Waals surface area (Å²) in [4.78, 5) is 1.35. The van der Waals surface area contributed by atoms with Gasteiger partial charge in [-0.2, -0.15) is 0 Å². The first-order valence-electron chi connectivity index (χ1n) is 7.68. The van der Waals surface area contributed by atoms with Crippen LogP contribution in [0.3, 0.4) is 0 Å². The molecule has 0 N–H and O–H groups in total. The Morgan fingerprint density at radius 3 is 2.68 bits per heavy atom. The first kappa shape index (κ1) is 15.9. The first-order valence-corrected chi connectivity index (χ1v) is 8.94. The van der Waals surface area contributed by atoms with E-state index < -0.39 is 0 Å². The van der Waals surface area contributed by atoms with Crippen LogP contribution in [-0.2, 0) is 10.3 Å². The van der Waals surface area contributed by atoms with E-state index in [4.69, 9.17) is 16.3 Å². The number of rotatable bonds is 3. The van der Waals surface area contributed by atoms with E-state index in [0.29, 0.717) is 5.25 Å². The lowest BCUT2D eigenvalue weighted by Gasteiger charge is -2.38. The third-order valence-corrected chi connectivity index (χ3v) is 5.74. The third kappa shape index (κ3) is 3.68. The van der Waals surface area contributed by atoms with Crippen molar-refractivity contribution < 1.29 is 4.74 Å².